The first-order chi connectivity index (χ1) is 37.4. The number of amides is 3. The predicted molar refractivity (Wildman–Crippen MR) is 292 cm³/mol. The van der Waals surface area contributed by atoms with E-state index in [9.17, 15) is 33.9 Å². The molecule has 80 heavy (non-hydrogen) atoms. The van der Waals surface area contributed by atoms with Crippen LogP contribution in [0, 0.1) is 13.8 Å². The number of hydrogen-bond acceptors (Lipinski definition) is 17. The van der Waals surface area contributed by atoms with E-state index in [1.165, 1.54) is 5.56 Å². The Labute approximate surface area is 468 Å². The van der Waals surface area contributed by atoms with Crippen molar-refractivity contribution in [3.8, 4) is 11.5 Å². The van der Waals surface area contributed by atoms with E-state index in [0.717, 1.165) is 65.2 Å². The SMILES string of the molecule is Cc1ccc2c3c1O[C@H]1C(OC(=O)CCNC(=O)OC(C)(C)C)=CC[C@@]4(O)[C@@H](C2)N(C)CC[C@]314.Cc1ccc2c3c1O[C@H]1C(OC(=O)CCNC(=O)OC(C)(C)C)=CC[C@@]4(OC(=O)CCNC(=O)OC(C)(C)C)[C@@H](C2)N(C)CC[C@]314. The van der Waals surface area contributed by atoms with Gasteiger partial charge in [-0.1, -0.05) is 24.3 Å². The largest absolute Gasteiger partial charge is 0.481 e. The molecule has 8 aliphatic rings. The molecule has 4 bridgehead atoms. The maximum atomic E-state index is 13.6. The Hall–Kier alpha value is -6.38. The summed E-state index contributed by atoms with van der Waals surface area (Å²) in [4.78, 5) is 79.9. The highest BCUT2D eigenvalue weighted by atomic mass is 16.6. The quantitative estimate of drug-likeness (QED) is 0.125. The van der Waals surface area contributed by atoms with E-state index in [4.69, 9.17) is 37.9 Å². The average molecular weight is 1110 g/mol. The lowest BCUT2D eigenvalue weighted by molar-refractivity contribution is -0.206. The summed E-state index contributed by atoms with van der Waals surface area (Å²) in [5, 5.41) is 20.0. The molecule has 4 N–H and O–H groups in total. The molecule has 20 nitrogen and oxygen atoms in total. The molecular formula is C60H81N5O15. The molecule has 436 valence electrons. The first-order valence-electron chi connectivity index (χ1n) is 28.1. The van der Waals surface area contributed by atoms with Gasteiger partial charge >= 0.3 is 36.2 Å². The molecule has 20 heteroatoms. The number of likely N-dealkylation sites (tertiary alicyclic amines) is 2. The van der Waals surface area contributed by atoms with Crippen molar-refractivity contribution in [1.82, 2.24) is 25.8 Å². The Bertz CT molecular complexity index is 2900. The highest BCUT2D eigenvalue weighted by Gasteiger charge is 2.75. The summed E-state index contributed by atoms with van der Waals surface area (Å²) >= 11 is 0. The number of rotatable bonds is 12. The molecule has 2 spiro atoms. The van der Waals surface area contributed by atoms with Crippen molar-refractivity contribution < 1.29 is 71.8 Å². The molecule has 4 heterocycles. The van der Waals surface area contributed by atoms with Gasteiger partial charge in [-0.2, -0.15) is 0 Å². The molecule has 2 saturated heterocycles. The van der Waals surface area contributed by atoms with Crippen LogP contribution in [0.15, 0.2) is 47.9 Å². The molecule has 10 rings (SSSR count). The second-order valence-corrected chi connectivity index (χ2v) is 25.7. The Balaban J connectivity index is 0.000000202. The van der Waals surface area contributed by atoms with Gasteiger partial charge in [-0.15, -0.1) is 0 Å². The number of nitrogens with one attached hydrogen (secondary N) is 3. The lowest BCUT2D eigenvalue weighted by Crippen LogP contribution is -2.75. The standard InChI is InChI=1S/C34H47N3O9.C26H34N2O6/c1-20-9-10-21-19-23-34(44-25(39)13-17-36-30(41)46-32(5,6)7)14-11-22(42-24(38)12-16-35-29(40)45-31(2,3)4)28-33(34,15-18-37(23)8)26(21)27(20)43-28;1-15-6-7-16-14-18-26(31)10-8-17(32-19(29)9-12-27-23(30)34-24(2,3)4)22-25(26,11-13-28(18)5)20(16)21(15)33-22/h9-11,23,28H,12-19H2,1-8H3,(H,35,40)(H,36,41);6-8,18,22,31H,9-14H2,1-5H3,(H,27,30)/t23-,28+,33+,34-;18-,22+,25+,26-/m11/s1. The normalized spacial score (nSPS) is 28.3. The zero-order valence-corrected chi connectivity index (χ0v) is 48.7. The molecule has 4 aliphatic heterocycles. The minimum atomic E-state index is -0.995. The van der Waals surface area contributed by atoms with E-state index in [1.54, 1.807) is 62.3 Å². The second kappa shape index (κ2) is 21.2. The summed E-state index contributed by atoms with van der Waals surface area (Å²) in [5.74, 6) is 0.980. The van der Waals surface area contributed by atoms with Crippen LogP contribution in [0.2, 0.25) is 0 Å². The molecular weight excluding hydrogens is 1030 g/mol. The molecule has 2 aromatic carbocycles. The van der Waals surface area contributed by atoms with Crippen LogP contribution >= 0.6 is 0 Å². The van der Waals surface area contributed by atoms with Crippen LogP contribution in [0.4, 0.5) is 14.4 Å². The summed E-state index contributed by atoms with van der Waals surface area (Å²) in [5.41, 5.74) is 1.10. The zero-order valence-electron chi connectivity index (χ0n) is 48.7. The molecule has 0 unspecified atom stereocenters. The highest BCUT2D eigenvalue weighted by molar-refractivity contribution is 5.76. The van der Waals surface area contributed by atoms with Gasteiger partial charge in [0.15, 0.2) is 12.2 Å². The van der Waals surface area contributed by atoms with E-state index >= 15 is 0 Å². The number of piperidine rings is 2. The van der Waals surface area contributed by atoms with Crippen molar-refractivity contribution in [3.63, 3.8) is 0 Å². The Morgan fingerprint density at radius 1 is 0.588 bits per heavy atom. The highest BCUT2D eigenvalue weighted by Crippen LogP contribution is 2.67. The number of benzene rings is 2. The number of aryl methyl sites for hydroxylation is 2. The Kier molecular flexibility index (Phi) is 15.4. The number of likely N-dealkylation sites (N-methyl/N-ethyl adjacent to an activating group) is 2. The van der Waals surface area contributed by atoms with Crippen LogP contribution in [0.5, 0.6) is 11.5 Å². The first kappa shape index (κ1) is 58.3. The zero-order chi connectivity index (χ0) is 58.1. The Morgan fingerprint density at radius 3 is 1.46 bits per heavy atom. The van der Waals surface area contributed by atoms with Gasteiger partial charge in [0.05, 0.1) is 41.7 Å². The third kappa shape index (κ3) is 10.6. The number of carbonyl (C=O) groups excluding carboxylic acids is 6. The minimum Gasteiger partial charge on any atom is -0.481 e. The van der Waals surface area contributed by atoms with Crippen molar-refractivity contribution in [2.45, 2.75) is 197 Å². The number of aliphatic hydroxyl groups is 1. The third-order valence-electron chi connectivity index (χ3n) is 16.9. The number of alkyl carbamates (subject to hydrolysis) is 3. The van der Waals surface area contributed by atoms with Crippen molar-refractivity contribution in [1.29, 1.82) is 0 Å². The molecule has 3 amide bonds. The van der Waals surface area contributed by atoms with Gasteiger partial charge in [0.1, 0.15) is 45.4 Å². The molecule has 4 aliphatic carbocycles. The van der Waals surface area contributed by atoms with Gasteiger partial charge in [-0.3, -0.25) is 19.3 Å². The lowest BCUT2D eigenvalue weighted by Gasteiger charge is -2.62. The second-order valence-electron chi connectivity index (χ2n) is 25.7. The summed E-state index contributed by atoms with van der Waals surface area (Å²) in [6.45, 7) is 21.7. The third-order valence-corrected chi connectivity index (χ3v) is 16.9. The topological polar surface area (TPSA) is 239 Å². The van der Waals surface area contributed by atoms with E-state index in [2.05, 4.69) is 51.0 Å². The molecule has 2 aromatic rings. The van der Waals surface area contributed by atoms with Gasteiger partial charge in [-0.25, -0.2) is 14.4 Å². The fraction of sp³-hybridized carbons (Fsp3) is 0.633. The maximum absolute atomic E-state index is 13.6. The van der Waals surface area contributed by atoms with Gasteiger partial charge in [0.2, 0.25) is 0 Å². The van der Waals surface area contributed by atoms with Crippen LogP contribution in [0.25, 0.3) is 0 Å². The minimum absolute atomic E-state index is 0.00313. The lowest BCUT2D eigenvalue weighted by atomic mass is 9.50. The number of esters is 3. The van der Waals surface area contributed by atoms with Crippen molar-refractivity contribution in [2.75, 3.05) is 46.8 Å². The molecule has 0 aromatic heterocycles. The van der Waals surface area contributed by atoms with Crippen molar-refractivity contribution >= 4 is 36.2 Å². The van der Waals surface area contributed by atoms with Crippen molar-refractivity contribution in [2.24, 2.45) is 0 Å². The Morgan fingerprint density at radius 2 is 0.988 bits per heavy atom. The summed E-state index contributed by atoms with van der Waals surface area (Å²) < 4.78 is 47.3. The van der Waals surface area contributed by atoms with Crippen LogP contribution in [-0.2, 0) is 66.5 Å². The summed E-state index contributed by atoms with van der Waals surface area (Å²) in [6.07, 6.45) is 3.99. The fourth-order valence-electron chi connectivity index (χ4n) is 13.7. The van der Waals surface area contributed by atoms with Gasteiger partial charge in [0.25, 0.3) is 0 Å². The van der Waals surface area contributed by atoms with Crippen LogP contribution < -0.4 is 25.4 Å². The van der Waals surface area contributed by atoms with Gasteiger partial charge < -0.3 is 63.9 Å². The van der Waals surface area contributed by atoms with E-state index in [0.29, 0.717) is 37.2 Å². The number of nitrogens with zero attached hydrogens (tertiary/aromatic N) is 2. The number of ether oxygens (including phenoxy) is 8. The monoisotopic (exact) mass is 1110 g/mol. The van der Waals surface area contributed by atoms with E-state index in [1.807, 2.05) is 39.1 Å². The first-order valence-corrected chi connectivity index (χ1v) is 28.1. The van der Waals surface area contributed by atoms with Gasteiger partial charge in [0, 0.05) is 49.6 Å². The average Bonchev–Trinajstić information content (AvgIpc) is 3.96. The van der Waals surface area contributed by atoms with Crippen molar-refractivity contribution in [3.05, 3.63) is 81.3 Å². The molecule has 8 atom stereocenters. The van der Waals surface area contributed by atoms with Crippen LogP contribution in [0.3, 0.4) is 0 Å². The molecule has 2 fully saturated rings. The molecule has 0 radical (unpaired) electrons. The summed E-state index contributed by atoms with van der Waals surface area (Å²) in [6, 6.07) is 8.20. The van der Waals surface area contributed by atoms with E-state index in [-0.39, 0.29) is 51.0 Å². The fourth-order valence-corrected chi connectivity index (χ4v) is 13.7. The van der Waals surface area contributed by atoms with Crippen LogP contribution in [0.1, 0.15) is 141 Å². The summed E-state index contributed by atoms with van der Waals surface area (Å²) in [7, 11) is 4.11. The van der Waals surface area contributed by atoms with E-state index < -0.39 is 87.2 Å². The predicted octanol–water partition coefficient (Wildman–Crippen LogP) is 6.93. The molecule has 0 saturated carbocycles. The van der Waals surface area contributed by atoms with Crippen LogP contribution in [-0.4, -0.2) is 150 Å². The number of hydrogen-bond donors (Lipinski definition) is 4. The smallest absolute Gasteiger partial charge is 0.407 e. The van der Waals surface area contributed by atoms with Gasteiger partial charge in [-0.05, 0) is 163 Å². The number of carbonyl (C=O) groups is 6. The maximum Gasteiger partial charge on any atom is 0.407 e.